The van der Waals surface area contributed by atoms with Crippen LogP contribution in [0.25, 0.3) is 0 Å². The van der Waals surface area contributed by atoms with Crippen LogP contribution in [0.4, 0.5) is 0 Å². The Morgan fingerprint density at radius 3 is 2.21 bits per heavy atom. The van der Waals surface area contributed by atoms with E-state index in [0.29, 0.717) is 5.92 Å². The molecule has 14 heavy (non-hydrogen) atoms. The maximum absolute atomic E-state index is 10.1. The van der Waals surface area contributed by atoms with Gasteiger partial charge in [-0.25, -0.2) is 0 Å². The summed E-state index contributed by atoms with van der Waals surface area (Å²) in [6.45, 7) is 12.1. The third kappa shape index (κ3) is 3.94. The van der Waals surface area contributed by atoms with E-state index in [-0.39, 0.29) is 11.6 Å². The van der Waals surface area contributed by atoms with Gasteiger partial charge in [-0.3, -0.25) is 0 Å². The smallest absolute Gasteiger partial charge is 0.188 e. The van der Waals surface area contributed by atoms with Gasteiger partial charge in [-0.2, -0.15) is 0 Å². The molecule has 0 unspecified atom stereocenters. The van der Waals surface area contributed by atoms with Gasteiger partial charge in [0.05, 0.1) is 0 Å². The van der Waals surface area contributed by atoms with E-state index in [1.54, 1.807) is 0 Å². The SMILES string of the molecule is C=C[C@@H](CCO)CC(C)(C)[Si](C)(C)O. The van der Waals surface area contributed by atoms with Crippen molar-refractivity contribution in [3.05, 3.63) is 12.7 Å². The fraction of sp³-hybridized carbons (Fsp3) is 0.818. The first-order valence-corrected chi connectivity index (χ1v) is 8.15. The Morgan fingerprint density at radius 1 is 1.43 bits per heavy atom. The van der Waals surface area contributed by atoms with Gasteiger partial charge in [0.25, 0.3) is 0 Å². The van der Waals surface area contributed by atoms with Gasteiger partial charge in [0.15, 0.2) is 8.32 Å². The van der Waals surface area contributed by atoms with Gasteiger partial charge in [0, 0.05) is 6.61 Å². The van der Waals surface area contributed by atoms with Crippen molar-refractivity contribution in [2.45, 2.75) is 44.8 Å². The topological polar surface area (TPSA) is 40.5 Å². The lowest BCUT2D eigenvalue weighted by atomic mass is 9.94. The van der Waals surface area contributed by atoms with E-state index in [1.165, 1.54) is 0 Å². The molecule has 1 atom stereocenters. The number of hydrogen-bond acceptors (Lipinski definition) is 2. The molecule has 0 saturated carbocycles. The molecule has 0 aliphatic carbocycles. The first-order chi connectivity index (χ1) is 6.24. The van der Waals surface area contributed by atoms with Crippen LogP contribution in [0.1, 0.15) is 26.7 Å². The van der Waals surface area contributed by atoms with Crippen LogP contribution >= 0.6 is 0 Å². The Morgan fingerprint density at radius 2 is 1.93 bits per heavy atom. The Hall–Kier alpha value is -0.123. The summed E-state index contributed by atoms with van der Waals surface area (Å²) in [6.07, 6.45) is 3.54. The van der Waals surface area contributed by atoms with Crippen molar-refractivity contribution in [3.8, 4) is 0 Å². The summed E-state index contributed by atoms with van der Waals surface area (Å²) in [5, 5.41) is 8.84. The van der Waals surface area contributed by atoms with Crippen LogP contribution in [-0.4, -0.2) is 24.8 Å². The Kier molecular flexibility index (Phi) is 5.05. The minimum Gasteiger partial charge on any atom is -0.432 e. The Labute approximate surface area is 88.8 Å². The van der Waals surface area contributed by atoms with Crippen LogP contribution in [-0.2, 0) is 0 Å². The summed E-state index contributed by atoms with van der Waals surface area (Å²) >= 11 is 0. The third-order valence-corrected chi connectivity index (χ3v) is 6.78. The van der Waals surface area contributed by atoms with Crippen molar-refractivity contribution < 1.29 is 9.90 Å². The van der Waals surface area contributed by atoms with E-state index >= 15 is 0 Å². The zero-order valence-electron chi connectivity index (χ0n) is 9.88. The van der Waals surface area contributed by atoms with Crippen molar-refractivity contribution in [1.29, 1.82) is 0 Å². The van der Waals surface area contributed by atoms with Crippen LogP contribution in [0.3, 0.4) is 0 Å². The number of aliphatic hydroxyl groups is 1. The fourth-order valence-electron chi connectivity index (χ4n) is 1.37. The molecular formula is C11H24O2Si. The lowest BCUT2D eigenvalue weighted by molar-refractivity contribution is 0.258. The highest BCUT2D eigenvalue weighted by atomic mass is 28.4. The molecule has 0 aliphatic heterocycles. The minimum atomic E-state index is -2.12. The predicted molar refractivity (Wildman–Crippen MR) is 63.7 cm³/mol. The summed E-state index contributed by atoms with van der Waals surface area (Å²) in [6, 6.07) is 0. The number of aliphatic hydroxyl groups excluding tert-OH is 1. The highest BCUT2D eigenvalue weighted by molar-refractivity contribution is 6.72. The molecule has 0 amide bonds. The van der Waals surface area contributed by atoms with Gasteiger partial charge in [-0.15, -0.1) is 6.58 Å². The zero-order valence-corrected chi connectivity index (χ0v) is 10.9. The van der Waals surface area contributed by atoms with Gasteiger partial charge in [-0.05, 0) is 36.9 Å². The average molecular weight is 216 g/mol. The molecule has 0 aromatic heterocycles. The zero-order chi connectivity index (χ0) is 11.4. The lowest BCUT2D eigenvalue weighted by Crippen LogP contribution is -2.40. The van der Waals surface area contributed by atoms with E-state index in [9.17, 15) is 4.80 Å². The Balaban J connectivity index is 4.39. The van der Waals surface area contributed by atoms with Crippen LogP contribution < -0.4 is 0 Å². The van der Waals surface area contributed by atoms with Crippen LogP contribution in [0.2, 0.25) is 18.1 Å². The van der Waals surface area contributed by atoms with Crippen molar-refractivity contribution in [1.82, 2.24) is 0 Å². The van der Waals surface area contributed by atoms with Crippen LogP contribution in [0, 0.1) is 5.92 Å². The standard InChI is InChI=1S/C11H24O2Si/c1-6-10(7-8-12)9-11(2,3)14(4,5)13/h6,10,12-13H,1,7-9H2,2-5H3/t10-/m0/s1. The third-order valence-electron chi connectivity index (χ3n) is 3.26. The molecule has 3 heteroatoms. The molecule has 0 saturated heterocycles. The molecule has 0 bridgehead atoms. The van der Waals surface area contributed by atoms with Crippen molar-refractivity contribution in [2.75, 3.05) is 6.61 Å². The van der Waals surface area contributed by atoms with Gasteiger partial charge in [0.2, 0.25) is 0 Å². The Bertz CT molecular complexity index is 182. The van der Waals surface area contributed by atoms with Crippen molar-refractivity contribution >= 4 is 8.32 Å². The molecule has 0 heterocycles. The number of allylic oxidation sites excluding steroid dienone is 1. The second-order valence-electron chi connectivity index (χ2n) is 5.16. The second-order valence-corrected chi connectivity index (χ2v) is 9.63. The molecule has 0 aromatic carbocycles. The van der Waals surface area contributed by atoms with Gasteiger partial charge >= 0.3 is 0 Å². The lowest BCUT2D eigenvalue weighted by Gasteiger charge is -2.37. The molecular weight excluding hydrogens is 192 g/mol. The maximum Gasteiger partial charge on any atom is 0.188 e. The molecule has 0 aliphatic rings. The van der Waals surface area contributed by atoms with E-state index < -0.39 is 8.32 Å². The normalized spacial score (nSPS) is 15.3. The van der Waals surface area contributed by atoms with Crippen molar-refractivity contribution in [3.63, 3.8) is 0 Å². The predicted octanol–water partition coefficient (Wildman–Crippen LogP) is 2.54. The summed E-state index contributed by atoms with van der Waals surface area (Å²) < 4.78 is 0. The van der Waals surface area contributed by atoms with E-state index in [4.69, 9.17) is 5.11 Å². The van der Waals surface area contributed by atoms with Gasteiger partial charge in [-0.1, -0.05) is 19.9 Å². The first kappa shape index (κ1) is 13.9. The van der Waals surface area contributed by atoms with Gasteiger partial charge < -0.3 is 9.90 Å². The largest absolute Gasteiger partial charge is 0.432 e. The molecule has 0 fully saturated rings. The monoisotopic (exact) mass is 216 g/mol. The summed E-state index contributed by atoms with van der Waals surface area (Å²) in [4.78, 5) is 10.1. The minimum absolute atomic E-state index is 0.0268. The molecule has 0 spiro atoms. The summed E-state index contributed by atoms with van der Waals surface area (Å²) in [7, 11) is -2.12. The molecule has 2 nitrogen and oxygen atoms in total. The number of hydrogen-bond donors (Lipinski definition) is 2. The summed E-state index contributed by atoms with van der Waals surface area (Å²) in [5.41, 5.74) is 0. The highest BCUT2D eigenvalue weighted by Gasteiger charge is 2.38. The maximum atomic E-state index is 10.1. The van der Waals surface area contributed by atoms with E-state index in [2.05, 4.69) is 20.4 Å². The van der Waals surface area contributed by atoms with Crippen LogP contribution in [0.5, 0.6) is 0 Å². The quantitative estimate of drug-likeness (QED) is 0.529. The molecule has 0 rings (SSSR count). The first-order valence-electron chi connectivity index (χ1n) is 5.20. The average Bonchev–Trinajstić information content (AvgIpc) is 2.01. The molecule has 0 aromatic rings. The molecule has 84 valence electrons. The highest BCUT2D eigenvalue weighted by Crippen LogP contribution is 2.42. The van der Waals surface area contributed by atoms with Crippen LogP contribution in [0.15, 0.2) is 12.7 Å². The van der Waals surface area contributed by atoms with E-state index in [1.807, 2.05) is 19.2 Å². The molecule has 2 N–H and O–H groups in total. The summed E-state index contributed by atoms with van der Waals surface area (Å²) in [5.74, 6) is 0.314. The second kappa shape index (κ2) is 5.10. The van der Waals surface area contributed by atoms with Gasteiger partial charge in [0.1, 0.15) is 0 Å². The fourth-order valence-corrected chi connectivity index (χ4v) is 2.14. The van der Waals surface area contributed by atoms with E-state index in [0.717, 1.165) is 12.8 Å². The number of rotatable bonds is 6. The van der Waals surface area contributed by atoms with Crippen molar-refractivity contribution in [2.24, 2.45) is 5.92 Å². The molecule has 0 radical (unpaired) electrons.